The van der Waals surface area contributed by atoms with Crippen LogP contribution in [0.4, 0.5) is 8.78 Å². The van der Waals surface area contributed by atoms with Crippen molar-refractivity contribution in [3.8, 4) is 0 Å². The average Bonchev–Trinajstić information content (AvgIpc) is 2.23. The van der Waals surface area contributed by atoms with E-state index in [0.29, 0.717) is 12.1 Å². The first kappa shape index (κ1) is 15.1. The molecule has 0 aromatic heterocycles. The number of hydrogen-bond donors (Lipinski definition) is 2. The maximum absolute atomic E-state index is 13.9. The van der Waals surface area contributed by atoms with Gasteiger partial charge in [-0.25, -0.2) is 8.78 Å². The summed E-state index contributed by atoms with van der Waals surface area (Å²) in [5.41, 5.74) is -1.42. The monoisotopic (exact) mass is 257 g/mol. The molecule has 0 saturated carbocycles. The van der Waals surface area contributed by atoms with Crippen molar-refractivity contribution in [2.24, 2.45) is 0 Å². The maximum atomic E-state index is 13.9. The zero-order valence-corrected chi connectivity index (χ0v) is 11.3. The Morgan fingerprint density at radius 1 is 1.33 bits per heavy atom. The van der Waals surface area contributed by atoms with Gasteiger partial charge in [-0.3, -0.25) is 0 Å². The molecule has 1 unspecified atom stereocenters. The zero-order chi connectivity index (χ0) is 13.9. The highest BCUT2D eigenvalue weighted by atomic mass is 19.1. The summed E-state index contributed by atoms with van der Waals surface area (Å²) in [6.07, 6.45) is 0.252. The molecule has 0 aliphatic carbocycles. The minimum absolute atomic E-state index is 0.243. The first-order valence-corrected chi connectivity index (χ1v) is 6.16. The fraction of sp³-hybridized carbons (Fsp3) is 0.571. The van der Waals surface area contributed by atoms with Crippen LogP contribution in [0.15, 0.2) is 12.1 Å². The molecule has 0 spiro atoms. The van der Waals surface area contributed by atoms with E-state index in [-0.39, 0.29) is 18.0 Å². The smallest absolute Gasteiger partial charge is 0.135 e. The fourth-order valence-corrected chi connectivity index (χ4v) is 1.88. The Bertz CT molecular complexity index is 417. The zero-order valence-electron chi connectivity index (χ0n) is 11.3. The first-order chi connectivity index (χ1) is 8.25. The van der Waals surface area contributed by atoms with Crippen LogP contribution in [0.1, 0.15) is 38.3 Å². The van der Waals surface area contributed by atoms with Gasteiger partial charge >= 0.3 is 0 Å². The number of halogens is 2. The third-order valence-corrected chi connectivity index (χ3v) is 2.99. The fourth-order valence-electron chi connectivity index (χ4n) is 1.88. The Morgan fingerprint density at radius 3 is 2.50 bits per heavy atom. The molecule has 0 radical (unpaired) electrons. The third kappa shape index (κ3) is 3.50. The quantitative estimate of drug-likeness (QED) is 0.850. The highest BCUT2D eigenvalue weighted by Crippen LogP contribution is 2.30. The predicted molar refractivity (Wildman–Crippen MR) is 68.4 cm³/mol. The Balaban J connectivity index is 2.94. The van der Waals surface area contributed by atoms with Crippen molar-refractivity contribution < 1.29 is 13.9 Å². The summed E-state index contributed by atoms with van der Waals surface area (Å²) < 4.78 is 27.6. The van der Waals surface area contributed by atoms with Gasteiger partial charge in [-0.05, 0) is 38.4 Å². The molecule has 0 aliphatic rings. The van der Waals surface area contributed by atoms with Crippen molar-refractivity contribution in [1.29, 1.82) is 0 Å². The van der Waals surface area contributed by atoms with Gasteiger partial charge in [0.25, 0.3) is 0 Å². The molecule has 102 valence electrons. The molecular formula is C14H21F2NO. The number of rotatable bonds is 5. The van der Waals surface area contributed by atoms with Crippen molar-refractivity contribution >= 4 is 0 Å². The Morgan fingerprint density at radius 2 is 1.94 bits per heavy atom. The van der Waals surface area contributed by atoms with E-state index in [4.69, 9.17) is 0 Å². The van der Waals surface area contributed by atoms with Gasteiger partial charge in [-0.15, -0.1) is 0 Å². The van der Waals surface area contributed by atoms with E-state index in [1.165, 1.54) is 19.1 Å². The van der Waals surface area contributed by atoms with Crippen molar-refractivity contribution in [1.82, 2.24) is 5.32 Å². The summed E-state index contributed by atoms with van der Waals surface area (Å²) in [6.45, 7) is 7.44. The molecule has 4 heteroatoms. The second kappa shape index (κ2) is 5.76. The maximum Gasteiger partial charge on any atom is 0.135 e. The van der Waals surface area contributed by atoms with Gasteiger partial charge in [-0.1, -0.05) is 19.9 Å². The number of nitrogens with one attached hydrogen (secondary N) is 1. The normalized spacial score (nSPS) is 14.9. The molecule has 0 bridgehead atoms. The molecule has 0 fully saturated rings. The highest BCUT2D eigenvalue weighted by molar-refractivity contribution is 5.31. The second-order valence-corrected chi connectivity index (χ2v) is 5.19. The second-order valence-electron chi connectivity index (χ2n) is 5.19. The van der Waals surface area contributed by atoms with Crippen LogP contribution >= 0.6 is 0 Å². The van der Waals surface area contributed by atoms with Crippen LogP contribution in [0, 0.1) is 18.6 Å². The van der Waals surface area contributed by atoms with E-state index in [2.05, 4.69) is 5.32 Å². The van der Waals surface area contributed by atoms with Crippen molar-refractivity contribution in [2.75, 3.05) is 6.54 Å². The summed E-state index contributed by atoms with van der Waals surface area (Å²) in [5.74, 6) is -1.36. The van der Waals surface area contributed by atoms with E-state index in [1.54, 1.807) is 6.92 Å². The van der Waals surface area contributed by atoms with Crippen LogP contribution in [-0.4, -0.2) is 17.7 Å². The Kier molecular flexibility index (Phi) is 4.82. The van der Waals surface area contributed by atoms with Gasteiger partial charge < -0.3 is 10.4 Å². The van der Waals surface area contributed by atoms with Crippen LogP contribution < -0.4 is 5.32 Å². The van der Waals surface area contributed by atoms with Crippen LogP contribution in [0.25, 0.3) is 0 Å². The molecular weight excluding hydrogens is 236 g/mol. The number of hydrogen-bond acceptors (Lipinski definition) is 2. The lowest BCUT2D eigenvalue weighted by molar-refractivity contribution is 0.0399. The number of aliphatic hydroxyl groups is 1. The minimum atomic E-state index is -1.51. The summed E-state index contributed by atoms with van der Waals surface area (Å²) in [5, 5.41) is 13.4. The summed E-state index contributed by atoms with van der Waals surface area (Å²) in [7, 11) is 0. The molecule has 0 saturated heterocycles. The van der Waals surface area contributed by atoms with Crippen molar-refractivity contribution in [3.05, 3.63) is 34.9 Å². The predicted octanol–water partition coefficient (Wildman–Crippen LogP) is 2.87. The lowest BCUT2D eigenvalue weighted by Crippen LogP contribution is -2.32. The summed E-state index contributed by atoms with van der Waals surface area (Å²) in [6, 6.07) is 2.84. The lowest BCUT2D eigenvalue weighted by atomic mass is 9.90. The van der Waals surface area contributed by atoms with Crippen LogP contribution in [-0.2, 0) is 5.60 Å². The molecule has 2 nitrogen and oxygen atoms in total. The molecule has 1 aromatic carbocycles. The first-order valence-electron chi connectivity index (χ1n) is 6.16. The van der Waals surface area contributed by atoms with Gasteiger partial charge in [-0.2, -0.15) is 0 Å². The summed E-state index contributed by atoms with van der Waals surface area (Å²) >= 11 is 0. The van der Waals surface area contributed by atoms with E-state index < -0.39 is 17.2 Å². The molecule has 1 atom stereocenters. The molecule has 0 heterocycles. The minimum Gasteiger partial charge on any atom is -0.385 e. The van der Waals surface area contributed by atoms with Gasteiger partial charge in [0.1, 0.15) is 11.6 Å². The van der Waals surface area contributed by atoms with Crippen molar-refractivity contribution in [3.63, 3.8) is 0 Å². The highest BCUT2D eigenvalue weighted by Gasteiger charge is 2.30. The van der Waals surface area contributed by atoms with E-state index >= 15 is 0 Å². The van der Waals surface area contributed by atoms with Crippen molar-refractivity contribution in [2.45, 2.75) is 45.8 Å². The van der Waals surface area contributed by atoms with Crippen LogP contribution in [0.5, 0.6) is 0 Å². The van der Waals surface area contributed by atoms with E-state index in [9.17, 15) is 13.9 Å². The van der Waals surface area contributed by atoms with E-state index in [1.807, 2.05) is 13.8 Å². The Hall–Kier alpha value is -1.00. The molecule has 0 aliphatic heterocycles. The molecule has 0 amide bonds. The standard InChI is InChI=1S/C14H21F2NO/c1-9(2)17-8-7-14(4,18)12-11(15)6-5-10(3)13(12)16/h5-6,9,17-18H,7-8H2,1-4H3. The SMILES string of the molecule is Cc1ccc(F)c(C(C)(O)CCNC(C)C)c1F. The molecule has 1 aromatic rings. The average molecular weight is 257 g/mol. The van der Waals surface area contributed by atoms with Gasteiger partial charge in [0.05, 0.1) is 11.2 Å². The summed E-state index contributed by atoms with van der Waals surface area (Å²) in [4.78, 5) is 0. The molecule has 1 rings (SSSR count). The molecule has 2 N–H and O–H groups in total. The number of aryl methyl sites for hydroxylation is 1. The van der Waals surface area contributed by atoms with Crippen LogP contribution in [0.3, 0.4) is 0 Å². The number of benzene rings is 1. The largest absolute Gasteiger partial charge is 0.385 e. The van der Waals surface area contributed by atoms with Gasteiger partial charge in [0, 0.05) is 6.04 Å². The molecule has 18 heavy (non-hydrogen) atoms. The topological polar surface area (TPSA) is 32.3 Å². The van der Waals surface area contributed by atoms with Gasteiger partial charge in [0.2, 0.25) is 0 Å². The Labute approximate surface area is 107 Å². The van der Waals surface area contributed by atoms with E-state index in [0.717, 1.165) is 0 Å². The van der Waals surface area contributed by atoms with Crippen LogP contribution in [0.2, 0.25) is 0 Å². The van der Waals surface area contributed by atoms with Gasteiger partial charge in [0.15, 0.2) is 0 Å². The third-order valence-electron chi connectivity index (χ3n) is 2.99. The lowest BCUT2D eigenvalue weighted by Gasteiger charge is -2.26.